The minimum atomic E-state index is 0.584. The van der Waals surface area contributed by atoms with Crippen LogP contribution in [-0.4, -0.2) is 5.16 Å². The van der Waals surface area contributed by atoms with Crippen molar-refractivity contribution < 1.29 is 4.52 Å². The molecule has 1 heterocycles. The standard InChI is InChI=1S/C7H3BrClNO/c8-5-1-2-6(9)7-4(5)3-10-11-7/h1-3H. The average Bonchev–Trinajstić information content (AvgIpc) is 2.45. The Labute approximate surface area is 76.2 Å². The fourth-order valence-corrected chi connectivity index (χ4v) is 1.51. The lowest BCUT2D eigenvalue weighted by Crippen LogP contribution is -1.68. The molecule has 0 spiro atoms. The van der Waals surface area contributed by atoms with Gasteiger partial charge in [0, 0.05) is 4.47 Å². The van der Waals surface area contributed by atoms with Gasteiger partial charge < -0.3 is 4.52 Å². The Hall–Kier alpha value is -0.540. The molecular weight excluding hydrogens is 229 g/mol. The van der Waals surface area contributed by atoms with E-state index >= 15 is 0 Å². The highest BCUT2D eigenvalue weighted by atomic mass is 79.9. The summed E-state index contributed by atoms with van der Waals surface area (Å²) in [5.74, 6) is 0. The summed E-state index contributed by atoms with van der Waals surface area (Å²) in [4.78, 5) is 0. The highest BCUT2D eigenvalue weighted by Crippen LogP contribution is 2.29. The third-order valence-electron chi connectivity index (χ3n) is 1.42. The Kier molecular flexibility index (Phi) is 1.62. The van der Waals surface area contributed by atoms with Gasteiger partial charge in [-0.2, -0.15) is 0 Å². The Morgan fingerprint density at radius 1 is 1.45 bits per heavy atom. The molecule has 0 bridgehead atoms. The van der Waals surface area contributed by atoms with E-state index in [-0.39, 0.29) is 0 Å². The van der Waals surface area contributed by atoms with Crippen LogP contribution in [0, 0.1) is 0 Å². The lowest BCUT2D eigenvalue weighted by atomic mass is 10.3. The molecule has 0 fully saturated rings. The van der Waals surface area contributed by atoms with Crippen LogP contribution in [0.5, 0.6) is 0 Å². The Morgan fingerprint density at radius 2 is 2.27 bits per heavy atom. The highest BCUT2D eigenvalue weighted by Gasteiger charge is 2.05. The molecule has 0 saturated carbocycles. The number of nitrogens with zero attached hydrogens (tertiary/aromatic N) is 1. The van der Waals surface area contributed by atoms with Crippen molar-refractivity contribution in [3.63, 3.8) is 0 Å². The van der Waals surface area contributed by atoms with E-state index in [1.165, 1.54) is 0 Å². The molecule has 2 rings (SSSR count). The molecule has 0 N–H and O–H groups in total. The molecule has 0 atom stereocenters. The molecule has 0 radical (unpaired) electrons. The summed E-state index contributed by atoms with van der Waals surface area (Å²) < 4.78 is 5.86. The van der Waals surface area contributed by atoms with Gasteiger partial charge in [-0.05, 0) is 28.1 Å². The summed E-state index contributed by atoms with van der Waals surface area (Å²) in [6.07, 6.45) is 1.63. The Bertz CT molecular complexity index is 362. The van der Waals surface area contributed by atoms with Crippen LogP contribution in [0.15, 0.2) is 27.3 Å². The van der Waals surface area contributed by atoms with Gasteiger partial charge in [-0.1, -0.05) is 16.8 Å². The van der Waals surface area contributed by atoms with E-state index in [9.17, 15) is 0 Å². The summed E-state index contributed by atoms with van der Waals surface area (Å²) in [5, 5.41) is 5.12. The fourth-order valence-electron chi connectivity index (χ4n) is 0.894. The van der Waals surface area contributed by atoms with Gasteiger partial charge in [-0.25, -0.2) is 0 Å². The van der Waals surface area contributed by atoms with Crippen molar-refractivity contribution in [2.75, 3.05) is 0 Å². The van der Waals surface area contributed by atoms with Crippen LogP contribution in [0.1, 0.15) is 0 Å². The first-order chi connectivity index (χ1) is 5.29. The zero-order valence-electron chi connectivity index (χ0n) is 5.34. The third-order valence-corrected chi connectivity index (χ3v) is 2.41. The maximum Gasteiger partial charge on any atom is 0.186 e. The summed E-state index contributed by atoms with van der Waals surface area (Å²) in [7, 11) is 0. The van der Waals surface area contributed by atoms with E-state index in [4.69, 9.17) is 16.1 Å². The fraction of sp³-hybridized carbons (Fsp3) is 0. The summed E-state index contributed by atoms with van der Waals surface area (Å²) >= 11 is 9.17. The SMILES string of the molecule is Clc1ccc(Br)c2cnoc12. The first-order valence-corrected chi connectivity index (χ1v) is 4.14. The molecule has 0 aliphatic rings. The van der Waals surface area contributed by atoms with Crippen molar-refractivity contribution in [2.24, 2.45) is 0 Å². The molecule has 0 aliphatic carbocycles. The van der Waals surface area contributed by atoms with Crippen molar-refractivity contribution in [3.05, 3.63) is 27.8 Å². The zero-order chi connectivity index (χ0) is 7.84. The van der Waals surface area contributed by atoms with E-state index < -0.39 is 0 Å². The van der Waals surface area contributed by atoms with Crippen LogP contribution in [-0.2, 0) is 0 Å². The molecule has 4 heteroatoms. The highest BCUT2D eigenvalue weighted by molar-refractivity contribution is 9.10. The molecule has 0 unspecified atom stereocenters. The molecule has 0 saturated heterocycles. The van der Waals surface area contributed by atoms with Crippen molar-refractivity contribution in [3.8, 4) is 0 Å². The predicted molar refractivity (Wildman–Crippen MR) is 46.7 cm³/mol. The molecule has 1 aromatic carbocycles. The molecule has 0 aliphatic heterocycles. The largest absolute Gasteiger partial charge is 0.355 e. The van der Waals surface area contributed by atoms with Gasteiger partial charge >= 0.3 is 0 Å². The third kappa shape index (κ3) is 1.04. The summed E-state index contributed by atoms with van der Waals surface area (Å²) in [6, 6.07) is 3.63. The minimum absolute atomic E-state index is 0.584. The van der Waals surface area contributed by atoms with E-state index in [0.717, 1.165) is 9.86 Å². The van der Waals surface area contributed by atoms with Crippen molar-refractivity contribution >= 4 is 38.5 Å². The average molecular weight is 232 g/mol. The smallest absolute Gasteiger partial charge is 0.186 e. The lowest BCUT2D eigenvalue weighted by molar-refractivity contribution is 0.456. The number of hydrogen-bond donors (Lipinski definition) is 0. The monoisotopic (exact) mass is 231 g/mol. The topological polar surface area (TPSA) is 26.0 Å². The second-order valence-corrected chi connectivity index (χ2v) is 3.36. The van der Waals surface area contributed by atoms with Gasteiger partial charge in [0.05, 0.1) is 16.6 Å². The van der Waals surface area contributed by atoms with Crippen molar-refractivity contribution in [1.82, 2.24) is 5.16 Å². The number of fused-ring (bicyclic) bond motifs is 1. The van der Waals surface area contributed by atoms with Gasteiger partial charge in [0.1, 0.15) is 0 Å². The molecule has 56 valence electrons. The maximum atomic E-state index is 5.82. The van der Waals surface area contributed by atoms with E-state index in [1.54, 1.807) is 12.3 Å². The van der Waals surface area contributed by atoms with Gasteiger partial charge in [-0.15, -0.1) is 0 Å². The first kappa shape index (κ1) is 7.13. The van der Waals surface area contributed by atoms with Gasteiger partial charge in [0.2, 0.25) is 0 Å². The summed E-state index contributed by atoms with van der Waals surface area (Å²) in [5.41, 5.74) is 0.626. The number of rotatable bonds is 0. The number of benzene rings is 1. The Morgan fingerprint density at radius 3 is 3.00 bits per heavy atom. The van der Waals surface area contributed by atoms with Crippen molar-refractivity contribution in [2.45, 2.75) is 0 Å². The molecule has 2 aromatic rings. The summed E-state index contributed by atoms with van der Waals surface area (Å²) in [6.45, 7) is 0. The molecule has 2 nitrogen and oxygen atoms in total. The van der Waals surface area contributed by atoms with Crippen LogP contribution in [0.3, 0.4) is 0 Å². The van der Waals surface area contributed by atoms with Crippen LogP contribution in [0.4, 0.5) is 0 Å². The predicted octanol–water partition coefficient (Wildman–Crippen LogP) is 3.24. The van der Waals surface area contributed by atoms with Crippen LogP contribution < -0.4 is 0 Å². The first-order valence-electron chi connectivity index (χ1n) is 2.97. The molecule has 1 aromatic heterocycles. The quantitative estimate of drug-likeness (QED) is 0.697. The van der Waals surface area contributed by atoms with Crippen molar-refractivity contribution in [1.29, 1.82) is 0 Å². The Balaban J connectivity index is 2.96. The normalized spacial score (nSPS) is 10.7. The number of halogens is 2. The van der Waals surface area contributed by atoms with E-state index in [2.05, 4.69) is 21.1 Å². The lowest BCUT2D eigenvalue weighted by Gasteiger charge is -1.91. The van der Waals surface area contributed by atoms with Gasteiger partial charge in [-0.3, -0.25) is 0 Å². The number of hydrogen-bond acceptors (Lipinski definition) is 2. The van der Waals surface area contributed by atoms with E-state index in [1.807, 2.05) is 6.07 Å². The zero-order valence-corrected chi connectivity index (χ0v) is 7.69. The van der Waals surface area contributed by atoms with Crippen LogP contribution >= 0.6 is 27.5 Å². The number of aromatic nitrogens is 1. The second-order valence-electron chi connectivity index (χ2n) is 2.10. The maximum absolute atomic E-state index is 5.82. The van der Waals surface area contributed by atoms with Crippen LogP contribution in [0.25, 0.3) is 11.0 Å². The van der Waals surface area contributed by atoms with E-state index in [0.29, 0.717) is 10.6 Å². The minimum Gasteiger partial charge on any atom is -0.355 e. The van der Waals surface area contributed by atoms with Gasteiger partial charge in [0.25, 0.3) is 0 Å². The molecule has 0 amide bonds. The van der Waals surface area contributed by atoms with Gasteiger partial charge in [0.15, 0.2) is 5.58 Å². The molecular formula is C7H3BrClNO. The second kappa shape index (κ2) is 2.50. The molecule has 11 heavy (non-hydrogen) atoms. The van der Waals surface area contributed by atoms with Crippen LogP contribution in [0.2, 0.25) is 5.02 Å².